The first-order valence-electron chi connectivity index (χ1n) is 8.03. The number of nitrogens with one attached hydrogen (secondary N) is 2. The van der Waals surface area contributed by atoms with Crippen LogP contribution in [0.5, 0.6) is 11.5 Å². The van der Waals surface area contributed by atoms with Crippen molar-refractivity contribution in [3.05, 3.63) is 40.7 Å². The molecule has 1 aliphatic carbocycles. The number of benzene rings is 1. The van der Waals surface area contributed by atoms with Gasteiger partial charge in [-0.2, -0.15) is 5.10 Å². The van der Waals surface area contributed by atoms with E-state index in [2.05, 4.69) is 15.5 Å². The van der Waals surface area contributed by atoms with Crippen LogP contribution in [0, 0.1) is 13.8 Å². The van der Waals surface area contributed by atoms with Crippen molar-refractivity contribution in [3.8, 4) is 11.5 Å². The second-order valence-corrected chi connectivity index (χ2v) is 6.25. The fraction of sp³-hybridized carbons (Fsp3) is 0.444. The first-order chi connectivity index (χ1) is 11.5. The van der Waals surface area contributed by atoms with Crippen LogP contribution in [0.1, 0.15) is 35.4 Å². The van der Waals surface area contributed by atoms with Crippen molar-refractivity contribution in [1.82, 2.24) is 15.5 Å². The summed E-state index contributed by atoms with van der Waals surface area (Å²) in [6.45, 7) is 4.39. The number of H-pyrrole nitrogens is 1. The van der Waals surface area contributed by atoms with Crippen LogP contribution in [0.25, 0.3) is 0 Å². The number of amides is 1. The summed E-state index contributed by atoms with van der Waals surface area (Å²) < 4.78 is 10.6. The van der Waals surface area contributed by atoms with Gasteiger partial charge in [-0.15, -0.1) is 0 Å². The van der Waals surface area contributed by atoms with E-state index < -0.39 is 5.41 Å². The van der Waals surface area contributed by atoms with Crippen molar-refractivity contribution in [1.29, 1.82) is 0 Å². The fourth-order valence-corrected chi connectivity index (χ4v) is 3.08. The Kier molecular flexibility index (Phi) is 4.22. The summed E-state index contributed by atoms with van der Waals surface area (Å²) in [5.74, 6) is 1.37. The number of methoxy groups -OCH3 is 2. The van der Waals surface area contributed by atoms with Crippen LogP contribution in [0.4, 0.5) is 0 Å². The van der Waals surface area contributed by atoms with Gasteiger partial charge in [0.2, 0.25) is 5.91 Å². The molecule has 0 atom stereocenters. The Bertz CT molecular complexity index is 743. The fourth-order valence-electron chi connectivity index (χ4n) is 3.08. The molecule has 1 aliphatic rings. The number of aryl methyl sites for hydroxylation is 2. The van der Waals surface area contributed by atoms with Crippen LogP contribution < -0.4 is 14.8 Å². The molecule has 0 radical (unpaired) electrons. The Balaban J connectivity index is 1.77. The topological polar surface area (TPSA) is 76.2 Å². The summed E-state index contributed by atoms with van der Waals surface area (Å²) in [4.78, 5) is 12.8. The summed E-state index contributed by atoms with van der Waals surface area (Å²) in [6.07, 6.45) is 1.69. The summed E-state index contributed by atoms with van der Waals surface area (Å²) in [6, 6.07) is 5.70. The van der Waals surface area contributed by atoms with Gasteiger partial charge >= 0.3 is 0 Å². The SMILES string of the molecule is COc1ccc(C2(C(=O)NCc3c(C)n[nH]c3C)CC2)cc1OC. The maximum Gasteiger partial charge on any atom is 0.230 e. The Morgan fingerprint density at radius 1 is 1.25 bits per heavy atom. The molecule has 6 heteroatoms. The second-order valence-electron chi connectivity index (χ2n) is 6.25. The molecular weight excluding hydrogens is 306 g/mol. The minimum absolute atomic E-state index is 0.0507. The second kappa shape index (κ2) is 6.19. The average molecular weight is 329 g/mol. The van der Waals surface area contributed by atoms with Crippen molar-refractivity contribution in [2.45, 2.75) is 38.6 Å². The number of hydrogen-bond acceptors (Lipinski definition) is 4. The van der Waals surface area contributed by atoms with Crippen molar-refractivity contribution >= 4 is 5.91 Å². The molecule has 24 heavy (non-hydrogen) atoms. The molecule has 1 aromatic heterocycles. The molecule has 0 spiro atoms. The van der Waals surface area contributed by atoms with Crippen molar-refractivity contribution in [2.24, 2.45) is 0 Å². The van der Waals surface area contributed by atoms with E-state index in [4.69, 9.17) is 9.47 Å². The summed E-state index contributed by atoms with van der Waals surface area (Å²) in [5.41, 5.74) is 3.47. The molecule has 6 nitrogen and oxygen atoms in total. The van der Waals surface area contributed by atoms with Gasteiger partial charge in [0.15, 0.2) is 11.5 Å². The Hall–Kier alpha value is -2.50. The Labute approximate surface area is 141 Å². The molecule has 0 unspecified atom stereocenters. The minimum Gasteiger partial charge on any atom is -0.493 e. The first kappa shape index (κ1) is 16.4. The van der Waals surface area contributed by atoms with Crippen LogP contribution in [-0.2, 0) is 16.8 Å². The number of aromatic amines is 1. The highest BCUT2D eigenvalue weighted by Gasteiger charge is 2.51. The summed E-state index contributed by atoms with van der Waals surface area (Å²) in [5, 5.41) is 10.2. The van der Waals surface area contributed by atoms with Crippen molar-refractivity contribution in [2.75, 3.05) is 14.2 Å². The molecule has 0 saturated heterocycles. The molecule has 3 rings (SSSR count). The van der Waals surface area contributed by atoms with Crippen LogP contribution in [0.15, 0.2) is 18.2 Å². The lowest BCUT2D eigenvalue weighted by Crippen LogP contribution is -2.34. The zero-order valence-corrected chi connectivity index (χ0v) is 14.5. The van der Waals surface area contributed by atoms with E-state index in [0.717, 1.165) is 35.4 Å². The molecular formula is C18H23N3O3. The standard InChI is InChI=1S/C18H23N3O3/c1-11-14(12(2)21-20-11)10-19-17(22)18(7-8-18)13-5-6-15(23-3)16(9-13)24-4/h5-6,9H,7-8,10H2,1-4H3,(H,19,22)(H,20,21). The monoisotopic (exact) mass is 329 g/mol. The third-order valence-corrected chi connectivity index (χ3v) is 4.83. The lowest BCUT2D eigenvalue weighted by molar-refractivity contribution is -0.123. The van der Waals surface area contributed by atoms with Gasteiger partial charge in [0.05, 0.1) is 25.3 Å². The van der Waals surface area contributed by atoms with E-state index >= 15 is 0 Å². The van der Waals surface area contributed by atoms with E-state index in [9.17, 15) is 4.79 Å². The highest BCUT2D eigenvalue weighted by Crippen LogP contribution is 2.50. The highest BCUT2D eigenvalue weighted by atomic mass is 16.5. The summed E-state index contributed by atoms with van der Waals surface area (Å²) in [7, 11) is 3.21. The van der Waals surface area contributed by atoms with Crippen LogP contribution >= 0.6 is 0 Å². The summed E-state index contributed by atoms with van der Waals surface area (Å²) >= 11 is 0. The molecule has 0 bridgehead atoms. The zero-order valence-electron chi connectivity index (χ0n) is 14.5. The number of nitrogens with zero attached hydrogens (tertiary/aromatic N) is 1. The number of aromatic nitrogens is 2. The van der Waals surface area contributed by atoms with Gasteiger partial charge in [0.25, 0.3) is 0 Å². The molecule has 1 saturated carbocycles. The number of carbonyl (C=O) groups is 1. The van der Waals surface area contributed by atoms with Gasteiger partial charge in [-0.1, -0.05) is 6.07 Å². The predicted octanol–water partition coefficient (Wildman–Crippen LogP) is 2.39. The highest BCUT2D eigenvalue weighted by molar-refractivity contribution is 5.91. The van der Waals surface area contributed by atoms with E-state index in [0.29, 0.717) is 18.0 Å². The third kappa shape index (κ3) is 2.72. The number of rotatable bonds is 6. The van der Waals surface area contributed by atoms with Gasteiger partial charge in [-0.25, -0.2) is 0 Å². The molecule has 2 aromatic rings. The number of ether oxygens (including phenoxy) is 2. The average Bonchev–Trinajstić information content (AvgIpc) is 3.35. The quantitative estimate of drug-likeness (QED) is 0.853. The van der Waals surface area contributed by atoms with Crippen LogP contribution in [0.3, 0.4) is 0 Å². The molecule has 128 valence electrons. The number of hydrogen-bond donors (Lipinski definition) is 2. The van der Waals surface area contributed by atoms with E-state index in [1.807, 2.05) is 32.0 Å². The van der Waals surface area contributed by atoms with Gasteiger partial charge in [-0.05, 0) is 44.4 Å². The van der Waals surface area contributed by atoms with E-state index in [1.54, 1.807) is 14.2 Å². The smallest absolute Gasteiger partial charge is 0.230 e. The third-order valence-electron chi connectivity index (χ3n) is 4.83. The van der Waals surface area contributed by atoms with Crippen molar-refractivity contribution < 1.29 is 14.3 Å². The first-order valence-corrected chi connectivity index (χ1v) is 8.03. The van der Waals surface area contributed by atoms with Crippen LogP contribution in [-0.4, -0.2) is 30.3 Å². The maximum absolute atomic E-state index is 12.8. The lowest BCUT2D eigenvalue weighted by atomic mass is 9.94. The normalized spacial score (nSPS) is 15.0. The zero-order chi connectivity index (χ0) is 17.3. The molecule has 1 fully saturated rings. The molecule has 0 aliphatic heterocycles. The largest absolute Gasteiger partial charge is 0.493 e. The van der Waals surface area contributed by atoms with Gasteiger partial charge in [0.1, 0.15) is 0 Å². The van der Waals surface area contributed by atoms with Gasteiger partial charge < -0.3 is 14.8 Å². The van der Waals surface area contributed by atoms with Gasteiger partial charge in [-0.3, -0.25) is 9.89 Å². The predicted molar refractivity (Wildman–Crippen MR) is 90.4 cm³/mol. The van der Waals surface area contributed by atoms with E-state index in [1.165, 1.54) is 0 Å². The number of carbonyl (C=O) groups excluding carboxylic acids is 1. The van der Waals surface area contributed by atoms with Crippen LogP contribution in [0.2, 0.25) is 0 Å². The molecule has 1 aromatic carbocycles. The minimum atomic E-state index is -0.453. The maximum atomic E-state index is 12.8. The molecule has 2 N–H and O–H groups in total. The molecule has 1 heterocycles. The Morgan fingerprint density at radius 2 is 1.96 bits per heavy atom. The molecule has 1 amide bonds. The van der Waals surface area contributed by atoms with E-state index in [-0.39, 0.29) is 5.91 Å². The van der Waals surface area contributed by atoms with Crippen molar-refractivity contribution in [3.63, 3.8) is 0 Å². The van der Waals surface area contributed by atoms with Gasteiger partial charge in [0, 0.05) is 17.8 Å². The lowest BCUT2D eigenvalue weighted by Gasteiger charge is -2.18. The Morgan fingerprint density at radius 3 is 2.50 bits per heavy atom.